The highest BCUT2D eigenvalue weighted by Crippen LogP contribution is 2.61. The van der Waals surface area contributed by atoms with Gasteiger partial charge in [0.15, 0.2) is 5.11 Å². The van der Waals surface area contributed by atoms with E-state index in [0.29, 0.717) is 11.5 Å². The quantitative estimate of drug-likeness (QED) is 0.731. The van der Waals surface area contributed by atoms with Crippen molar-refractivity contribution in [1.82, 2.24) is 5.32 Å². The minimum absolute atomic E-state index is 0.447. The van der Waals surface area contributed by atoms with E-state index in [1.165, 1.54) is 38.5 Å². The highest BCUT2D eigenvalue weighted by Gasteiger charge is 2.53. The summed E-state index contributed by atoms with van der Waals surface area (Å²) in [6.45, 7) is 2.34. The van der Waals surface area contributed by atoms with Gasteiger partial charge in [0.2, 0.25) is 0 Å². The number of hydrogen-bond donors (Lipinski definition) is 2. The SMILES string of the molecule is C[C@@H](NC(=S)Nc1ccc(Cl)cc1)C12CC3CC(CC(C3)C1)C2. The van der Waals surface area contributed by atoms with Gasteiger partial charge in [0, 0.05) is 16.8 Å². The first kappa shape index (κ1) is 15.7. The molecule has 1 aromatic carbocycles. The minimum Gasteiger partial charge on any atom is -0.359 e. The smallest absolute Gasteiger partial charge is 0.171 e. The number of nitrogens with one attached hydrogen (secondary N) is 2. The average Bonchev–Trinajstić information content (AvgIpc) is 2.48. The molecule has 4 aliphatic rings. The Labute approximate surface area is 149 Å². The third-order valence-electron chi connectivity index (χ3n) is 6.45. The summed E-state index contributed by atoms with van der Waals surface area (Å²) in [7, 11) is 0. The second kappa shape index (κ2) is 5.93. The topological polar surface area (TPSA) is 24.1 Å². The molecule has 2 N–H and O–H groups in total. The van der Waals surface area contributed by atoms with Crippen molar-refractivity contribution in [1.29, 1.82) is 0 Å². The number of thiocarbonyl (C=S) groups is 1. The Morgan fingerprint density at radius 3 is 2.13 bits per heavy atom. The first-order valence-corrected chi connectivity index (χ1v) is 9.64. The van der Waals surface area contributed by atoms with E-state index in [1.807, 2.05) is 24.3 Å². The first-order valence-electron chi connectivity index (χ1n) is 8.85. The molecule has 5 rings (SSSR count). The molecule has 0 saturated heterocycles. The molecule has 0 aliphatic heterocycles. The fourth-order valence-electron chi connectivity index (χ4n) is 5.76. The van der Waals surface area contributed by atoms with Crippen molar-refractivity contribution < 1.29 is 0 Å². The Hall–Kier alpha value is -0.800. The molecule has 0 amide bonds. The summed E-state index contributed by atoms with van der Waals surface area (Å²) in [6, 6.07) is 8.14. The molecule has 0 heterocycles. The molecule has 124 valence electrons. The van der Waals surface area contributed by atoms with E-state index in [4.69, 9.17) is 23.8 Å². The zero-order valence-corrected chi connectivity index (χ0v) is 15.2. The summed E-state index contributed by atoms with van der Waals surface area (Å²) in [5.41, 5.74) is 1.46. The second-order valence-electron chi connectivity index (χ2n) is 8.11. The molecular formula is C19H25ClN2S. The first-order chi connectivity index (χ1) is 11.0. The van der Waals surface area contributed by atoms with Gasteiger partial charge >= 0.3 is 0 Å². The number of anilines is 1. The maximum atomic E-state index is 5.93. The van der Waals surface area contributed by atoms with Crippen LogP contribution in [0, 0.1) is 23.2 Å². The van der Waals surface area contributed by atoms with Crippen molar-refractivity contribution in [3.63, 3.8) is 0 Å². The number of rotatable bonds is 3. The van der Waals surface area contributed by atoms with Crippen LogP contribution in [0.4, 0.5) is 5.69 Å². The van der Waals surface area contributed by atoms with Gasteiger partial charge in [-0.05, 0) is 105 Å². The molecule has 4 heteroatoms. The summed E-state index contributed by atoms with van der Waals surface area (Å²) in [5.74, 6) is 2.93. The number of benzene rings is 1. The van der Waals surface area contributed by atoms with Crippen LogP contribution < -0.4 is 10.6 Å². The van der Waals surface area contributed by atoms with Crippen molar-refractivity contribution >= 4 is 34.6 Å². The highest BCUT2D eigenvalue weighted by molar-refractivity contribution is 7.80. The molecule has 1 aromatic rings. The lowest BCUT2D eigenvalue weighted by atomic mass is 9.48. The molecule has 4 fully saturated rings. The minimum atomic E-state index is 0.447. The van der Waals surface area contributed by atoms with E-state index in [-0.39, 0.29) is 0 Å². The van der Waals surface area contributed by atoms with E-state index in [2.05, 4.69) is 17.6 Å². The maximum Gasteiger partial charge on any atom is 0.171 e. The van der Waals surface area contributed by atoms with E-state index in [0.717, 1.165) is 33.6 Å². The Morgan fingerprint density at radius 1 is 1.09 bits per heavy atom. The molecule has 1 atom stereocenters. The summed E-state index contributed by atoms with van der Waals surface area (Å²) in [6.07, 6.45) is 8.66. The molecule has 4 saturated carbocycles. The van der Waals surface area contributed by atoms with E-state index in [9.17, 15) is 0 Å². The van der Waals surface area contributed by atoms with Crippen LogP contribution in [-0.2, 0) is 0 Å². The molecular weight excluding hydrogens is 324 g/mol. The van der Waals surface area contributed by atoms with Gasteiger partial charge in [-0.15, -0.1) is 0 Å². The predicted molar refractivity (Wildman–Crippen MR) is 101 cm³/mol. The lowest BCUT2D eigenvalue weighted by Crippen LogP contribution is -2.56. The van der Waals surface area contributed by atoms with Gasteiger partial charge in [-0.25, -0.2) is 0 Å². The summed E-state index contributed by atoms with van der Waals surface area (Å²) in [5, 5.41) is 8.36. The van der Waals surface area contributed by atoms with E-state index < -0.39 is 0 Å². The average molecular weight is 349 g/mol. The Balaban J connectivity index is 1.40. The van der Waals surface area contributed by atoms with Crippen LogP contribution in [0.2, 0.25) is 5.02 Å². The van der Waals surface area contributed by atoms with Crippen LogP contribution in [0.15, 0.2) is 24.3 Å². The fourth-order valence-corrected chi connectivity index (χ4v) is 6.18. The molecule has 0 unspecified atom stereocenters. The predicted octanol–water partition coefficient (Wildman–Crippen LogP) is 5.23. The Morgan fingerprint density at radius 2 is 1.61 bits per heavy atom. The fraction of sp³-hybridized carbons (Fsp3) is 0.632. The van der Waals surface area contributed by atoms with Crippen LogP contribution in [-0.4, -0.2) is 11.2 Å². The van der Waals surface area contributed by atoms with Crippen LogP contribution in [0.3, 0.4) is 0 Å². The van der Waals surface area contributed by atoms with Crippen LogP contribution in [0.5, 0.6) is 0 Å². The van der Waals surface area contributed by atoms with Gasteiger partial charge in [0.1, 0.15) is 0 Å². The van der Waals surface area contributed by atoms with Gasteiger partial charge in [0.25, 0.3) is 0 Å². The third-order valence-corrected chi connectivity index (χ3v) is 6.93. The largest absolute Gasteiger partial charge is 0.359 e. The lowest BCUT2D eigenvalue weighted by Gasteiger charge is -2.59. The zero-order valence-electron chi connectivity index (χ0n) is 13.6. The normalized spacial score (nSPS) is 35.8. The molecule has 23 heavy (non-hydrogen) atoms. The van der Waals surface area contributed by atoms with Crippen LogP contribution >= 0.6 is 23.8 Å². The van der Waals surface area contributed by atoms with Gasteiger partial charge in [0.05, 0.1) is 0 Å². The van der Waals surface area contributed by atoms with Gasteiger partial charge in [-0.3, -0.25) is 0 Å². The highest BCUT2D eigenvalue weighted by atomic mass is 35.5. The van der Waals surface area contributed by atoms with Crippen molar-refractivity contribution in [3.8, 4) is 0 Å². The van der Waals surface area contributed by atoms with Crippen molar-refractivity contribution in [2.45, 2.75) is 51.5 Å². The monoisotopic (exact) mass is 348 g/mol. The lowest BCUT2D eigenvalue weighted by molar-refractivity contribution is -0.0671. The molecule has 0 radical (unpaired) electrons. The maximum absolute atomic E-state index is 5.93. The molecule has 4 aliphatic carbocycles. The van der Waals surface area contributed by atoms with Crippen molar-refractivity contribution in [3.05, 3.63) is 29.3 Å². The van der Waals surface area contributed by atoms with E-state index in [1.54, 1.807) is 0 Å². The molecule has 0 aromatic heterocycles. The molecule has 4 bridgehead atoms. The van der Waals surface area contributed by atoms with Crippen molar-refractivity contribution in [2.75, 3.05) is 5.32 Å². The Kier molecular flexibility index (Phi) is 4.05. The third kappa shape index (κ3) is 3.10. The van der Waals surface area contributed by atoms with Crippen LogP contribution in [0.25, 0.3) is 0 Å². The van der Waals surface area contributed by atoms with Crippen LogP contribution in [0.1, 0.15) is 45.4 Å². The summed E-state index contributed by atoms with van der Waals surface area (Å²) in [4.78, 5) is 0. The molecule has 0 spiro atoms. The van der Waals surface area contributed by atoms with Gasteiger partial charge in [-0.2, -0.15) is 0 Å². The number of hydrogen-bond acceptors (Lipinski definition) is 1. The standard InChI is InChI=1S/C19H25ClN2S/c1-12(21-18(23)22-17-4-2-16(20)3-5-17)19-9-13-6-14(10-19)8-15(7-13)11-19/h2-5,12-15H,6-11H2,1H3,(H2,21,22,23)/t12-,13?,14?,15?,19?/m1/s1. The zero-order chi connectivity index (χ0) is 16.0. The van der Waals surface area contributed by atoms with Crippen molar-refractivity contribution in [2.24, 2.45) is 23.2 Å². The second-order valence-corrected chi connectivity index (χ2v) is 8.95. The summed E-state index contributed by atoms with van der Waals surface area (Å²) < 4.78 is 0. The van der Waals surface area contributed by atoms with Gasteiger partial charge in [-0.1, -0.05) is 11.6 Å². The Bertz CT molecular complexity index is 563. The summed E-state index contributed by atoms with van der Waals surface area (Å²) >= 11 is 11.5. The van der Waals surface area contributed by atoms with Gasteiger partial charge < -0.3 is 10.6 Å². The van der Waals surface area contributed by atoms with E-state index >= 15 is 0 Å². The molecule has 2 nitrogen and oxygen atoms in total. The number of halogens is 1.